The van der Waals surface area contributed by atoms with Crippen molar-refractivity contribution in [1.29, 1.82) is 0 Å². The van der Waals surface area contributed by atoms with E-state index in [4.69, 9.17) is 4.42 Å². The zero-order valence-corrected chi connectivity index (χ0v) is 11.0. The average Bonchev–Trinajstić information content (AvgIpc) is 2.55. The van der Waals surface area contributed by atoms with Crippen LogP contribution in [0.15, 0.2) is 22.6 Å². The Bertz CT molecular complexity index is 614. The predicted octanol–water partition coefficient (Wildman–Crippen LogP) is 3.87. The number of furan rings is 1. The van der Waals surface area contributed by atoms with Gasteiger partial charge < -0.3 is 4.42 Å². The van der Waals surface area contributed by atoms with Gasteiger partial charge in [-0.05, 0) is 37.9 Å². The Kier molecular flexibility index (Phi) is 2.62. The first-order valence-electron chi connectivity index (χ1n) is 7.26. The van der Waals surface area contributed by atoms with Crippen LogP contribution in [-0.4, -0.2) is 17.5 Å². The van der Waals surface area contributed by atoms with Crippen molar-refractivity contribution in [2.24, 2.45) is 0 Å². The van der Waals surface area contributed by atoms with Crippen molar-refractivity contribution in [3.8, 4) is 0 Å². The topological polar surface area (TPSA) is 16.4 Å². The van der Waals surface area contributed by atoms with Crippen LogP contribution >= 0.6 is 0 Å². The molecule has 0 unspecified atom stereocenters. The van der Waals surface area contributed by atoms with Gasteiger partial charge in [-0.3, -0.25) is 4.90 Å². The molecule has 0 bridgehead atoms. The number of hydrogen-bond acceptors (Lipinski definition) is 2. The second-order valence-electron chi connectivity index (χ2n) is 5.78. The molecule has 1 aromatic carbocycles. The third-order valence-electron chi connectivity index (χ3n) is 4.65. The lowest BCUT2D eigenvalue weighted by Gasteiger charge is -2.36. The summed E-state index contributed by atoms with van der Waals surface area (Å²) in [7, 11) is 0. The van der Waals surface area contributed by atoms with Crippen molar-refractivity contribution in [2.75, 3.05) is 6.54 Å². The number of benzene rings is 1. The Hall–Kier alpha value is -1.35. The quantitative estimate of drug-likeness (QED) is 0.773. The Morgan fingerprint density at radius 3 is 2.89 bits per heavy atom. The molecule has 0 atom stereocenters. The molecule has 0 saturated heterocycles. The first-order valence-corrected chi connectivity index (χ1v) is 7.26. The Labute approximate surface area is 112 Å². The number of nitrogens with zero attached hydrogens (tertiary/aromatic N) is 1. The van der Waals surface area contributed by atoms with Gasteiger partial charge in [0.05, 0.1) is 5.39 Å². The standard InChI is InChI=1S/C16H18FNO/c17-13-6-2-7-15-16(13)12-10-18(11-4-1-5-11)9-3-8-14(12)19-15/h2,6-7,11H,1,3-5,8-10H2. The Morgan fingerprint density at radius 1 is 1.21 bits per heavy atom. The van der Waals surface area contributed by atoms with E-state index in [1.807, 2.05) is 6.07 Å². The largest absolute Gasteiger partial charge is 0.461 e. The van der Waals surface area contributed by atoms with E-state index in [9.17, 15) is 4.39 Å². The lowest BCUT2D eigenvalue weighted by Crippen LogP contribution is -2.39. The normalized spacial score (nSPS) is 21.1. The summed E-state index contributed by atoms with van der Waals surface area (Å²) >= 11 is 0. The van der Waals surface area contributed by atoms with Crippen molar-refractivity contribution in [2.45, 2.75) is 44.7 Å². The van der Waals surface area contributed by atoms with Crippen molar-refractivity contribution in [3.05, 3.63) is 35.3 Å². The molecule has 1 fully saturated rings. The van der Waals surface area contributed by atoms with E-state index < -0.39 is 0 Å². The lowest BCUT2D eigenvalue weighted by atomic mass is 9.91. The van der Waals surface area contributed by atoms with E-state index >= 15 is 0 Å². The highest BCUT2D eigenvalue weighted by atomic mass is 19.1. The second kappa shape index (κ2) is 4.34. The van der Waals surface area contributed by atoms with Crippen LogP contribution < -0.4 is 0 Å². The molecule has 1 aromatic heterocycles. The SMILES string of the molecule is Fc1cccc2oc3c(c12)CN(C1CCC1)CCC3. The summed E-state index contributed by atoms with van der Waals surface area (Å²) in [6, 6.07) is 5.85. The molecule has 1 saturated carbocycles. The van der Waals surface area contributed by atoms with Crippen LogP contribution in [-0.2, 0) is 13.0 Å². The molecular weight excluding hydrogens is 241 g/mol. The fraction of sp³-hybridized carbons (Fsp3) is 0.500. The minimum Gasteiger partial charge on any atom is -0.461 e. The highest BCUT2D eigenvalue weighted by Gasteiger charge is 2.29. The summed E-state index contributed by atoms with van der Waals surface area (Å²) in [5.74, 6) is 0.861. The fourth-order valence-electron chi connectivity index (χ4n) is 3.37. The molecule has 2 heterocycles. The number of halogens is 1. The lowest BCUT2D eigenvalue weighted by molar-refractivity contribution is 0.122. The van der Waals surface area contributed by atoms with Gasteiger partial charge in [0.2, 0.25) is 0 Å². The van der Waals surface area contributed by atoms with Gasteiger partial charge in [0.15, 0.2) is 0 Å². The molecule has 1 aliphatic carbocycles. The van der Waals surface area contributed by atoms with Gasteiger partial charge in [-0.25, -0.2) is 4.39 Å². The molecule has 0 spiro atoms. The maximum atomic E-state index is 14.1. The summed E-state index contributed by atoms with van der Waals surface area (Å²) in [5, 5.41) is 0.712. The van der Waals surface area contributed by atoms with Crippen LogP contribution in [0, 0.1) is 5.82 Å². The van der Waals surface area contributed by atoms with Crippen molar-refractivity contribution in [3.63, 3.8) is 0 Å². The molecule has 2 nitrogen and oxygen atoms in total. The van der Waals surface area contributed by atoms with E-state index in [0.717, 1.165) is 37.3 Å². The smallest absolute Gasteiger partial charge is 0.137 e. The van der Waals surface area contributed by atoms with Crippen LogP contribution in [0.4, 0.5) is 4.39 Å². The minimum absolute atomic E-state index is 0.141. The molecule has 3 heteroatoms. The molecular formula is C16H18FNO. The van der Waals surface area contributed by atoms with Gasteiger partial charge in [-0.2, -0.15) is 0 Å². The van der Waals surface area contributed by atoms with E-state index in [0.29, 0.717) is 17.0 Å². The molecule has 1 aliphatic heterocycles. The average molecular weight is 259 g/mol. The minimum atomic E-state index is -0.141. The number of fused-ring (bicyclic) bond motifs is 3. The Morgan fingerprint density at radius 2 is 2.11 bits per heavy atom. The molecule has 0 radical (unpaired) electrons. The van der Waals surface area contributed by atoms with Gasteiger partial charge in [0.1, 0.15) is 17.2 Å². The third-order valence-corrected chi connectivity index (χ3v) is 4.65. The molecule has 2 aromatic rings. The number of rotatable bonds is 1. The first kappa shape index (κ1) is 11.5. The van der Waals surface area contributed by atoms with Crippen molar-refractivity contribution < 1.29 is 8.81 Å². The fourth-order valence-corrected chi connectivity index (χ4v) is 3.37. The number of hydrogen-bond donors (Lipinski definition) is 0. The predicted molar refractivity (Wildman–Crippen MR) is 72.5 cm³/mol. The Balaban J connectivity index is 1.79. The monoisotopic (exact) mass is 259 g/mol. The third kappa shape index (κ3) is 1.79. The zero-order chi connectivity index (χ0) is 12.8. The molecule has 19 heavy (non-hydrogen) atoms. The molecule has 100 valence electrons. The summed E-state index contributed by atoms with van der Waals surface area (Å²) in [5.41, 5.74) is 1.80. The summed E-state index contributed by atoms with van der Waals surface area (Å²) in [4.78, 5) is 2.52. The van der Waals surface area contributed by atoms with Crippen LogP contribution in [0.3, 0.4) is 0 Å². The molecule has 0 N–H and O–H groups in total. The number of aryl methyl sites for hydroxylation is 1. The first-order chi connectivity index (χ1) is 9.33. The highest BCUT2D eigenvalue weighted by molar-refractivity contribution is 5.83. The van der Waals surface area contributed by atoms with Crippen LogP contribution in [0.2, 0.25) is 0 Å². The van der Waals surface area contributed by atoms with E-state index in [1.54, 1.807) is 6.07 Å². The summed E-state index contributed by atoms with van der Waals surface area (Å²) < 4.78 is 20.0. The van der Waals surface area contributed by atoms with Gasteiger partial charge in [-0.1, -0.05) is 12.5 Å². The van der Waals surface area contributed by atoms with Crippen LogP contribution in [0.5, 0.6) is 0 Å². The molecule has 0 amide bonds. The molecule has 2 aliphatic rings. The maximum absolute atomic E-state index is 14.1. The van der Waals surface area contributed by atoms with Gasteiger partial charge in [0.25, 0.3) is 0 Å². The van der Waals surface area contributed by atoms with Gasteiger partial charge in [-0.15, -0.1) is 0 Å². The second-order valence-corrected chi connectivity index (χ2v) is 5.78. The van der Waals surface area contributed by atoms with Gasteiger partial charge >= 0.3 is 0 Å². The van der Waals surface area contributed by atoms with Crippen LogP contribution in [0.1, 0.15) is 37.0 Å². The molecule has 4 rings (SSSR count). The summed E-state index contributed by atoms with van der Waals surface area (Å²) in [6.45, 7) is 1.97. The van der Waals surface area contributed by atoms with Crippen LogP contribution in [0.25, 0.3) is 11.0 Å². The van der Waals surface area contributed by atoms with Gasteiger partial charge in [0, 0.05) is 24.6 Å². The van der Waals surface area contributed by atoms with E-state index in [1.165, 1.54) is 25.3 Å². The van der Waals surface area contributed by atoms with E-state index in [-0.39, 0.29) is 5.82 Å². The van der Waals surface area contributed by atoms with Crippen molar-refractivity contribution >= 4 is 11.0 Å². The van der Waals surface area contributed by atoms with Crippen molar-refractivity contribution in [1.82, 2.24) is 4.90 Å². The van der Waals surface area contributed by atoms with E-state index in [2.05, 4.69) is 4.90 Å². The highest BCUT2D eigenvalue weighted by Crippen LogP contribution is 2.35. The maximum Gasteiger partial charge on any atom is 0.137 e. The summed E-state index contributed by atoms with van der Waals surface area (Å²) in [6.07, 6.45) is 5.99. The zero-order valence-electron chi connectivity index (χ0n) is 11.0.